The molecule has 2 aromatic rings. The predicted octanol–water partition coefficient (Wildman–Crippen LogP) is 3.40. The molecule has 0 saturated carbocycles. The van der Waals surface area contributed by atoms with Crippen molar-refractivity contribution in [2.45, 2.75) is 13.8 Å². The lowest BCUT2D eigenvalue weighted by Crippen LogP contribution is -2.14. The van der Waals surface area contributed by atoms with E-state index in [9.17, 15) is 4.79 Å². The fourth-order valence-electron chi connectivity index (χ4n) is 1.38. The average Bonchev–Trinajstić information content (AvgIpc) is 2.33. The Labute approximate surface area is 96.3 Å². The number of ether oxygens (including phenoxy) is 1. The van der Waals surface area contributed by atoms with Crippen LogP contribution >= 0.6 is 0 Å². The summed E-state index contributed by atoms with van der Waals surface area (Å²) in [5, 5.41) is 1.77. The maximum atomic E-state index is 11.5. The average molecular weight is 215 g/mol. The minimum Gasteiger partial charge on any atom is -0.426 e. The molecule has 0 aliphatic heterocycles. The van der Waals surface area contributed by atoms with E-state index in [-0.39, 0.29) is 17.9 Å². The first kappa shape index (κ1) is 9.40. The standard InChI is InChI=1S/C14H14O2/c1-10(2)14(15)16-13-8-7-11-5-3-4-6-12(11)9-13/h3-10H,1-2H3/i9D. The van der Waals surface area contributed by atoms with Crippen LogP contribution in [0.4, 0.5) is 0 Å². The van der Waals surface area contributed by atoms with E-state index >= 15 is 0 Å². The third-order valence-electron chi connectivity index (χ3n) is 2.31. The van der Waals surface area contributed by atoms with Crippen molar-refractivity contribution in [3.63, 3.8) is 0 Å². The fourth-order valence-corrected chi connectivity index (χ4v) is 1.38. The Kier molecular flexibility index (Phi) is 2.56. The van der Waals surface area contributed by atoms with Crippen LogP contribution in [0.25, 0.3) is 10.8 Å². The maximum absolute atomic E-state index is 11.5. The third-order valence-corrected chi connectivity index (χ3v) is 2.31. The zero-order valence-electron chi connectivity index (χ0n) is 10.4. The third kappa shape index (κ3) is 2.22. The van der Waals surface area contributed by atoms with Crippen molar-refractivity contribution in [1.29, 1.82) is 0 Å². The lowest BCUT2D eigenvalue weighted by molar-refractivity contribution is -0.137. The first-order valence-corrected chi connectivity index (χ1v) is 5.29. The van der Waals surface area contributed by atoms with Crippen LogP contribution in [0.3, 0.4) is 0 Å². The first-order chi connectivity index (χ1) is 8.09. The number of esters is 1. The molecule has 2 rings (SSSR count). The summed E-state index contributed by atoms with van der Waals surface area (Å²) in [6, 6.07) is 11.4. The van der Waals surface area contributed by atoms with E-state index in [4.69, 9.17) is 6.11 Å². The highest BCUT2D eigenvalue weighted by atomic mass is 16.5. The van der Waals surface area contributed by atoms with E-state index in [0.717, 1.165) is 10.8 Å². The lowest BCUT2D eigenvalue weighted by Gasteiger charge is -2.07. The van der Waals surface area contributed by atoms with E-state index < -0.39 is 0 Å². The molecule has 2 aromatic carbocycles. The molecule has 0 heterocycles. The number of rotatable bonds is 2. The molecular weight excluding hydrogens is 200 g/mol. The molecule has 0 unspecified atom stereocenters. The monoisotopic (exact) mass is 215 g/mol. The number of carbonyl (C=O) groups is 1. The SMILES string of the molecule is [2H]c1c(OC(=O)C(C)C)ccc2ccccc12. The molecule has 0 spiro atoms. The van der Waals surface area contributed by atoms with Gasteiger partial charge in [-0.25, -0.2) is 0 Å². The molecule has 0 aliphatic carbocycles. The van der Waals surface area contributed by atoms with Crippen molar-refractivity contribution >= 4 is 16.7 Å². The molecule has 0 atom stereocenters. The van der Waals surface area contributed by atoms with Crippen LogP contribution in [0, 0.1) is 5.92 Å². The molecular formula is C14H14O2. The van der Waals surface area contributed by atoms with Gasteiger partial charge in [0, 0.05) is 0 Å². The van der Waals surface area contributed by atoms with Gasteiger partial charge < -0.3 is 4.74 Å². The summed E-state index contributed by atoms with van der Waals surface area (Å²) in [6.07, 6.45) is 0. The molecule has 0 amide bonds. The molecule has 0 N–H and O–H groups in total. The van der Waals surface area contributed by atoms with E-state index in [1.165, 1.54) is 0 Å². The molecule has 82 valence electrons. The molecule has 2 heteroatoms. The van der Waals surface area contributed by atoms with Crippen LogP contribution in [0.15, 0.2) is 42.4 Å². The largest absolute Gasteiger partial charge is 0.426 e. The Bertz CT molecular complexity index is 561. The second-order valence-electron chi connectivity index (χ2n) is 3.99. The molecule has 0 saturated heterocycles. The Morgan fingerprint density at radius 3 is 2.56 bits per heavy atom. The molecule has 0 aromatic heterocycles. The zero-order chi connectivity index (χ0) is 12.4. The van der Waals surface area contributed by atoms with Gasteiger partial charge in [-0.15, -0.1) is 0 Å². The summed E-state index contributed by atoms with van der Waals surface area (Å²) < 4.78 is 13.2. The van der Waals surface area contributed by atoms with Gasteiger partial charge in [-0.1, -0.05) is 44.2 Å². The quantitative estimate of drug-likeness (QED) is 0.567. The minimum atomic E-state index is -0.311. The predicted molar refractivity (Wildman–Crippen MR) is 64.4 cm³/mol. The van der Waals surface area contributed by atoms with Crippen LogP contribution in [-0.4, -0.2) is 5.97 Å². The van der Waals surface area contributed by atoms with Gasteiger partial charge in [-0.3, -0.25) is 4.79 Å². The Morgan fingerprint density at radius 1 is 1.19 bits per heavy atom. The van der Waals surface area contributed by atoms with Crippen LogP contribution in [0.5, 0.6) is 5.75 Å². The van der Waals surface area contributed by atoms with E-state index in [1.54, 1.807) is 19.9 Å². The van der Waals surface area contributed by atoms with Gasteiger partial charge >= 0.3 is 5.97 Å². The van der Waals surface area contributed by atoms with Gasteiger partial charge in [-0.05, 0) is 22.9 Å². The van der Waals surface area contributed by atoms with Gasteiger partial charge in [0.05, 0.1) is 7.29 Å². The van der Waals surface area contributed by atoms with Gasteiger partial charge in [-0.2, -0.15) is 0 Å². The van der Waals surface area contributed by atoms with Crippen molar-refractivity contribution < 1.29 is 10.9 Å². The molecule has 0 radical (unpaired) electrons. The van der Waals surface area contributed by atoms with Crippen LogP contribution < -0.4 is 4.74 Å². The number of benzene rings is 2. The summed E-state index contributed by atoms with van der Waals surface area (Å²) in [4.78, 5) is 11.5. The number of fused-ring (bicyclic) bond motifs is 1. The van der Waals surface area contributed by atoms with Crippen molar-refractivity contribution in [3.05, 3.63) is 42.4 Å². The molecule has 0 aliphatic rings. The summed E-state index contributed by atoms with van der Waals surface area (Å²) >= 11 is 0. The summed E-state index contributed by atoms with van der Waals surface area (Å²) in [6.45, 7) is 3.54. The molecule has 0 fully saturated rings. The smallest absolute Gasteiger partial charge is 0.313 e. The summed E-state index contributed by atoms with van der Waals surface area (Å²) in [5.74, 6) is -0.183. The highest BCUT2D eigenvalue weighted by Gasteiger charge is 2.09. The highest BCUT2D eigenvalue weighted by molar-refractivity contribution is 5.84. The zero-order valence-corrected chi connectivity index (χ0v) is 9.36. The first-order valence-electron chi connectivity index (χ1n) is 5.79. The minimum absolute atomic E-state index is 0.194. The van der Waals surface area contributed by atoms with E-state index in [1.807, 2.05) is 30.3 Å². The summed E-state index contributed by atoms with van der Waals surface area (Å²) in [5.41, 5.74) is 0. The fraction of sp³-hybridized carbons (Fsp3) is 0.214. The normalized spacial score (nSPS) is 11.6. The molecule has 0 bridgehead atoms. The topological polar surface area (TPSA) is 26.3 Å². The second-order valence-corrected chi connectivity index (χ2v) is 3.99. The Balaban J connectivity index is 2.43. The molecule has 2 nitrogen and oxygen atoms in total. The van der Waals surface area contributed by atoms with Crippen molar-refractivity contribution in [3.8, 4) is 5.75 Å². The Hall–Kier alpha value is -1.83. The number of hydrogen-bond donors (Lipinski definition) is 0. The van der Waals surface area contributed by atoms with Gasteiger partial charge in [0.1, 0.15) is 5.75 Å². The van der Waals surface area contributed by atoms with Gasteiger partial charge in [0.2, 0.25) is 0 Å². The lowest BCUT2D eigenvalue weighted by atomic mass is 10.1. The van der Waals surface area contributed by atoms with Crippen molar-refractivity contribution in [2.75, 3.05) is 0 Å². The number of carbonyl (C=O) groups excluding carboxylic acids is 1. The van der Waals surface area contributed by atoms with Gasteiger partial charge in [0.25, 0.3) is 0 Å². The highest BCUT2D eigenvalue weighted by Crippen LogP contribution is 2.21. The van der Waals surface area contributed by atoms with E-state index in [2.05, 4.69) is 0 Å². The summed E-state index contributed by atoms with van der Waals surface area (Å²) in [7, 11) is 0. The van der Waals surface area contributed by atoms with E-state index in [0.29, 0.717) is 5.75 Å². The van der Waals surface area contributed by atoms with Gasteiger partial charge in [0.15, 0.2) is 0 Å². The maximum Gasteiger partial charge on any atom is 0.313 e. The van der Waals surface area contributed by atoms with Crippen molar-refractivity contribution in [1.82, 2.24) is 0 Å². The van der Waals surface area contributed by atoms with Crippen LogP contribution in [0.1, 0.15) is 15.2 Å². The number of hydrogen-bond acceptors (Lipinski definition) is 2. The Morgan fingerprint density at radius 2 is 1.88 bits per heavy atom. The molecule has 16 heavy (non-hydrogen) atoms. The van der Waals surface area contributed by atoms with Crippen LogP contribution in [0.2, 0.25) is 0 Å². The van der Waals surface area contributed by atoms with Crippen LogP contribution in [-0.2, 0) is 4.79 Å². The second kappa shape index (κ2) is 4.35. The van der Waals surface area contributed by atoms with Crippen molar-refractivity contribution in [2.24, 2.45) is 5.92 Å².